The van der Waals surface area contributed by atoms with Gasteiger partial charge in [-0.2, -0.15) is 0 Å². The van der Waals surface area contributed by atoms with Crippen molar-refractivity contribution in [2.45, 2.75) is 67.2 Å². The standard InChI is InChI=1S/C8H18O.4C3H6.C2H6O2/c1-3-5-7-9-8-6-4-2;4*1-3-2;3-1-2-4/h3-8H2,1-2H3;4*3H,1H2,2H3;3-4H,1-2H2. The first-order chi connectivity index (χ1) is 12.0. The van der Waals surface area contributed by atoms with Crippen molar-refractivity contribution in [3.8, 4) is 0 Å². The summed E-state index contributed by atoms with van der Waals surface area (Å²) in [5, 5.41) is 15.2. The van der Waals surface area contributed by atoms with Crippen LogP contribution in [0.2, 0.25) is 0 Å². The maximum absolute atomic E-state index is 7.62. The second-order valence-corrected chi connectivity index (χ2v) is 4.40. The number of aliphatic hydroxyl groups is 2. The Morgan fingerprint density at radius 2 is 0.840 bits per heavy atom. The average molecular weight is 361 g/mol. The summed E-state index contributed by atoms with van der Waals surface area (Å²) in [6.07, 6.45) is 11.9. The number of allylic oxidation sites excluding steroid dienone is 4. The molecule has 0 saturated carbocycles. The summed E-state index contributed by atoms with van der Waals surface area (Å²) >= 11 is 0. The van der Waals surface area contributed by atoms with Crippen LogP contribution in [0.15, 0.2) is 50.6 Å². The summed E-state index contributed by atoms with van der Waals surface area (Å²) in [6.45, 7) is 27.0. The maximum Gasteiger partial charge on any atom is 0.0662 e. The SMILES string of the molecule is C=CC.C=CC.C=CC.C=CC.CCCCOCCCC.OCCO. The van der Waals surface area contributed by atoms with Crippen LogP contribution in [0.1, 0.15) is 67.2 Å². The summed E-state index contributed by atoms with van der Waals surface area (Å²) in [4.78, 5) is 0. The Hall–Kier alpha value is -1.16. The molecule has 0 unspecified atom stereocenters. The zero-order valence-corrected chi connectivity index (χ0v) is 18.1. The monoisotopic (exact) mass is 360 g/mol. The van der Waals surface area contributed by atoms with Crippen molar-refractivity contribution in [3.63, 3.8) is 0 Å². The first kappa shape index (κ1) is 39.1. The molecule has 0 aromatic rings. The van der Waals surface area contributed by atoms with Crippen LogP contribution >= 0.6 is 0 Å². The van der Waals surface area contributed by atoms with E-state index in [9.17, 15) is 0 Å². The third-order valence-electron chi connectivity index (χ3n) is 1.38. The normalized spacial score (nSPS) is 6.88. The van der Waals surface area contributed by atoms with Gasteiger partial charge in [0.2, 0.25) is 0 Å². The van der Waals surface area contributed by atoms with E-state index >= 15 is 0 Å². The molecular weight excluding hydrogens is 312 g/mol. The van der Waals surface area contributed by atoms with Gasteiger partial charge in [0.1, 0.15) is 0 Å². The molecule has 0 aromatic carbocycles. The van der Waals surface area contributed by atoms with E-state index in [1.54, 1.807) is 24.3 Å². The van der Waals surface area contributed by atoms with Crippen molar-refractivity contribution in [1.82, 2.24) is 0 Å². The van der Waals surface area contributed by atoms with Gasteiger partial charge in [0, 0.05) is 13.2 Å². The van der Waals surface area contributed by atoms with Crippen LogP contribution in [0, 0.1) is 0 Å². The minimum absolute atomic E-state index is 0.125. The number of rotatable bonds is 7. The van der Waals surface area contributed by atoms with Crippen LogP contribution in [0.4, 0.5) is 0 Å². The zero-order valence-electron chi connectivity index (χ0n) is 18.1. The molecule has 0 saturated heterocycles. The van der Waals surface area contributed by atoms with Gasteiger partial charge in [-0.25, -0.2) is 0 Å². The molecule has 0 atom stereocenters. The Kier molecular flexibility index (Phi) is 121. The fourth-order valence-electron chi connectivity index (χ4n) is 0.595. The van der Waals surface area contributed by atoms with Crippen molar-refractivity contribution in [2.24, 2.45) is 0 Å². The van der Waals surface area contributed by atoms with Crippen LogP contribution in [0.25, 0.3) is 0 Å². The fraction of sp³-hybridized carbons (Fsp3) is 0.636. The third-order valence-corrected chi connectivity index (χ3v) is 1.38. The molecular formula is C22H48O3. The Labute approximate surface area is 159 Å². The second kappa shape index (κ2) is 77.7. The predicted octanol–water partition coefficient (Wildman–Crippen LogP) is 6.34. The van der Waals surface area contributed by atoms with Crippen molar-refractivity contribution < 1.29 is 14.9 Å². The fourth-order valence-corrected chi connectivity index (χ4v) is 0.595. The molecule has 0 aliphatic rings. The van der Waals surface area contributed by atoms with E-state index in [0.717, 1.165) is 13.2 Å². The van der Waals surface area contributed by atoms with Gasteiger partial charge in [0.25, 0.3) is 0 Å². The number of unbranched alkanes of at least 4 members (excludes halogenated alkanes) is 2. The molecule has 0 aliphatic carbocycles. The third kappa shape index (κ3) is 291. The summed E-state index contributed by atoms with van der Waals surface area (Å²) in [7, 11) is 0. The summed E-state index contributed by atoms with van der Waals surface area (Å²) in [5.74, 6) is 0. The molecule has 0 aliphatic heterocycles. The van der Waals surface area contributed by atoms with E-state index < -0.39 is 0 Å². The molecule has 154 valence electrons. The Morgan fingerprint density at radius 1 is 0.640 bits per heavy atom. The summed E-state index contributed by atoms with van der Waals surface area (Å²) < 4.78 is 5.31. The molecule has 0 bridgehead atoms. The number of ether oxygens (including phenoxy) is 1. The van der Waals surface area contributed by atoms with Crippen LogP contribution in [-0.4, -0.2) is 36.6 Å². The average Bonchev–Trinajstić information content (AvgIpc) is 2.58. The quantitative estimate of drug-likeness (QED) is 0.411. The molecule has 3 heteroatoms. The first-order valence-corrected chi connectivity index (χ1v) is 9.07. The predicted molar refractivity (Wildman–Crippen MR) is 118 cm³/mol. The van der Waals surface area contributed by atoms with Crippen LogP contribution in [0.5, 0.6) is 0 Å². The van der Waals surface area contributed by atoms with Crippen LogP contribution < -0.4 is 0 Å². The lowest BCUT2D eigenvalue weighted by Gasteiger charge is -1.99. The lowest BCUT2D eigenvalue weighted by atomic mass is 10.3. The van der Waals surface area contributed by atoms with Gasteiger partial charge in [-0.15, -0.1) is 26.3 Å². The van der Waals surface area contributed by atoms with E-state index in [1.165, 1.54) is 25.7 Å². The zero-order chi connectivity index (χ0) is 21.2. The molecule has 2 N–H and O–H groups in total. The largest absolute Gasteiger partial charge is 0.394 e. The van der Waals surface area contributed by atoms with E-state index in [4.69, 9.17) is 14.9 Å². The smallest absolute Gasteiger partial charge is 0.0662 e. The lowest BCUT2D eigenvalue weighted by Crippen LogP contribution is -1.95. The van der Waals surface area contributed by atoms with E-state index in [1.807, 2.05) is 27.7 Å². The molecule has 0 amide bonds. The molecule has 25 heavy (non-hydrogen) atoms. The first-order valence-electron chi connectivity index (χ1n) is 9.07. The number of aliphatic hydroxyl groups excluding tert-OH is 2. The highest BCUT2D eigenvalue weighted by Crippen LogP contribution is 1.91. The Bertz CT molecular complexity index is 158. The highest BCUT2D eigenvalue weighted by atomic mass is 16.5. The van der Waals surface area contributed by atoms with Gasteiger partial charge in [0.05, 0.1) is 13.2 Å². The molecule has 3 nitrogen and oxygen atoms in total. The minimum atomic E-state index is -0.125. The summed E-state index contributed by atoms with van der Waals surface area (Å²) in [5.41, 5.74) is 0. The van der Waals surface area contributed by atoms with Crippen molar-refractivity contribution in [2.75, 3.05) is 26.4 Å². The molecule has 0 spiro atoms. The van der Waals surface area contributed by atoms with Gasteiger partial charge in [0.15, 0.2) is 0 Å². The lowest BCUT2D eigenvalue weighted by molar-refractivity contribution is 0.128. The van der Waals surface area contributed by atoms with Gasteiger partial charge < -0.3 is 14.9 Å². The molecule has 0 rings (SSSR count). The minimum Gasteiger partial charge on any atom is -0.394 e. The highest BCUT2D eigenvalue weighted by molar-refractivity contribution is 4.52. The van der Waals surface area contributed by atoms with Gasteiger partial charge >= 0.3 is 0 Å². The molecule has 0 heterocycles. The van der Waals surface area contributed by atoms with Crippen molar-refractivity contribution in [1.29, 1.82) is 0 Å². The molecule has 0 aromatic heterocycles. The highest BCUT2D eigenvalue weighted by Gasteiger charge is 1.84. The van der Waals surface area contributed by atoms with Crippen LogP contribution in [-0.2, 0) is 4.74 Å². The number of hydrogen-bond donors (Lipinski definition) is 2. The second-order valence-electron chi connectivity index (χ2n) is 4.40. The van der Waals surface area contributed by atoms with E-state index in [-0.39, 0.29) is 13.2 Å². The van der Waals surface area contributed by atoms with E-state index in [0.29, 0.717) is 0 Å². The molecule has 0 radical (unpaired) electrons. The summed E-state index contributed by atoms with van der Waals surface area (Å²) in [6, 6.07) is 0. The Morgan fingerprint density at radius 3 is 0.960 bits per heavy atom. The van der Waals surface area contributed by atoms with E-state index in [2.05, 4.69) is 40.2 Å². The topological polar surface area (TPSA) is 49.7 Å². The van der Waals surface area contributed by atoms with Crippen molar-refractivity contribution >= 4 is 0 Å². The molecule has 0 fully saturated rings. The maximum atomic E-state index is 7.62. The van der Waals surface area contributed by atoms with Crippen LogP contribution in [0.3, 0.4) is 0 Å². The van der Waals surface area contributed by atoms with Gasteiger partial charge in [-0.05, 0) is 40.5 Å². The Balaban J connectivity index is -0.0000000478. The van der Waals surface area contributed by atoms with Gasteiger partial charge in [-0.1, -0.05) is 51.0 Å². The van der Waals surface area contributed by atoms with Gasteiger partial charge in [-0.3, -0.25) is 0 Å². The number of hydrogen-bond acceptors (Lipinski definition) is 3. The van der Waals surface area contributed by atoms with Crippen molar-refractivity contribution in [3.05, 3.63) is 50.6 Å².